The van der Waals surface area contributed by atoms with Crippen molar-refractivity contribution in [3.63, 3.8) is 0 Å². The summed E-state index contributed by atoms with van der Waals surface area (Å²) < 4.78 is 0. The number of hydrogen-bond donors (Lipinski definition) is 4. The number of aliphatic imine (C=N–C) groups is 2. The predicted molar refractivity (Wildman–Crippen MR) is 263 cm³/mol. The number of rotatable bonds is 26. The van der Waals surface area contributed by atoms with Crippen LogP contribution in [0.4, 0.5) is 11.4 Å². The maximum absolute atomic E-state index is 11.3. The average Bonchev–Trinajstić information content (AvgIpc) is 3.29. The number of hydrogen-bond acceptors (Lipinski definition) is 10. The van der Waals surface area contributed by atoms with Crippen molar-refractivity contribution in [2.45, 2.75) is 176 Å². The zero-order chi connectivity index (χ0) is 48.0. The first-order valence-electron chi connectivity index (χ1n) is 24.2. The molecular formula is C55H76N2NiO8. The van der Waals surface area contributed by atoms with Crippen LogP contribution < -0.4 is 10.2 Å². The molecule has 0 fully saturated rings. The Morgan fingerprint density at radius 2 is 0.788 bits per heavy atom. The minimum atomic E-state index is -1.43. The molecule has 0 aliphatic carbocycles. The summed E-state index contributed by atoms with van der Waals surface area (Å²) >= 11 is 0. The predicted octanol–water partition coefficient (Wildman–Crippen LogP) is 12.4. The maximum atomic E-state index is 11.3. The van der Waals surface area contributed by atoms with Crippen molar-refractivity contribution in [1.29, 1.82) is 0 Å². The molecule has 0 radical (unpaired) electrons. The van der Waals surface area contributed by atoms with Gasteiger partial charge in [-0.15, -0.1) is 0 Å². The van der Waals surface area contributed by atoms with Crippen LogP contribution in [-0.4, -0.2) is 43.8 Å². The van der Waals surface area contributed by atoms with E-state index in [4.69, 9.17) is 9.98 Å². The Morgan fingerprint density at radius 1 is 0.455 bits per heavy atom. The second kappa shape index (κ2) is 34.2. The van der Waals surface area contributed by atoms with E-state index >= 15 is 0 Å². The molecule has 0 atom stereocenters. The fraction of sp³-hybridized carbons (Fsp3) is 0.491. The van der Waals surface area contributed by atoms with Gasteiger partial charge in [-0.1, -0.05) is 136 Å². The summed E-state index contributed by atoms with van der Waals surface area (Å²) in [5.74, 6) is -4.76. The standard InChI is InChI=1S/C23H30N2.2C16H24O4.Ni/c1-3-5-9-19-23(25-21-16-12-8-13-17-21)22(18-6-4-2)24-20-14-10-7-11-15-20;2*1-3-5-7-8-11-10-13(17)15(18)14(16(19)20)12(11)9-6-4-2;/h7-8,10-17H,3-6,9,18-19H2,1-2H3;2*10,17-18H,3-9H2,1-2H3,(H,19,20);/q;;;+2/p-2. The van der Waals surface area contributed by atoms with E-state index in [1.165, 1.54) is 37.8 Å². The van der Waals surface area contributed by atoms with Crippen LogP contribution in [0.15, 0.2) is 82.8 Å². The van der Waals surface area contributed by atoms with Crippen molar-refractivity contribution in [3.05, 3.63) is 106 Å². The summed E-state index contributed by atoms with van der Waals surface area (Å²) in [7, 11) is 0. The zero-order valence-electron chi connectivity index (χ0n) is 40.4. The van der Waals surface area contributed by atoms with Gasteiger partial charge >= 0.3 is 16.5 Å². The van der Waals surface area contributed by atoms with Gasteiger partial charge in [-0.2, -0.15) is 0 Å². The molecule has 4 aromatic rings. The Labute approximate surface area is 405 Å². The third-order valence-corrected chi connectivity index (χ3v) is 11.2. The summed E-state index contributed by atoms with van der Waals surface area (Å²) in [5, 5.41) is 61.5. The summed E-state index contributed by atoms with van der Waals surface area (Å²) in [4.78, 5) is 32.4. The number of para-hydroxylation sites is 2. The Balaban J connectivity index is 0.000000496. The fourth-order valence-corrected chi connectivity index (χ4v) is 7.53. The molecule has 0 unspecified atom stereocenters. The monoisotopic (exact) mass is 950 g/mol. The van der Waals surface area contributed by atoms with E-state index in [-0.39, 0.29) is 39.1 Å². The summed E-state index contributed by atoms with van der Waals surface area (Å²) in [6, 6.07) is 23.5. The topological polar surface area (TPSA) is 186 Å². The van der Waals surface area contributed by atoms with Crippen LogP contribution in [0, 0.1) is 0 Å². The van der Waals surface area contributed by atoms with E-state index in [0.29, 0.717) is 36.8 Å². The number of aromatic carboxylic acids is 2. The number of carbonyl (C=O) groups excluding carboxylic acids is 2. The van der Waals surface area contributed by atoms with Gasteiger partial charge in [-0.3, -0.25) is 9.98 Å². The van der Waals surface area contributed by atoms with Gasteiger partial charge in [0.1, 0.15) is 0 Å². The van der Waals surface area contributed by atoms with Crippen LogP contribution in [0.1, 0.15) is 194 Å². The van der Waals surface area contributed by atoms with Gasteiger partial charge < -0.3 is 40.2 Å². The van der Waals surface area contributed by atoms with Crippen molar-refractivity contribution in [1.82, 2.24) is 0 Å². The number of unbranched alkanes of at least 4 members (excludes halogenated alkanes) is 9. The van der Waals surface area contributed by atoms with Crippen molar-refractivity contribution < 1.29 is 56.7 Å². The number of carbonyl (C=O) groups is 2. The van der Waals surface area contributed by atoms with E-state index in [1.807, 2.05) is 50.2 Å². The first-order chi connectivity index (χ1) is 31.4. The van der Waals surface area contributed by atoms with Crippen molar-refractivity contribution >= 4 is 34.7 Å². The molecule has 0 heterocycles. The molecule has 4 N–H and O–H groups in total. The third-order valence-electron chi connectivity index (χ3n) is 11.2. The van der Waals surface area contributed by atoms with Crippen LogP contribution in [0.5, 0.6) is 23.0 Å². The number of aromatic hydroxyl groups is 4. The second-order valence-corrected chi connectivity index (χ2v) is 16.6. The van der Waals surface area contributed by atoms with Gasteiger partial charge in [0, 0.05) is 11.1 Å². The SMILES string of the molecule is CCCCCC(=Nc1ccccc1)C(CCCC)=Nc1ccccc1.CCCCCc1cc(O)c(O)c(C(=O)[O-])c1CCCC.CCCCCc1cc(O)c(O)c(C(=O)[O-])c1CCCC.[Ni+2]. The van der Waals surface area contributed by atoms with Crippen molar-refractivity contribution in [2.24, 2.45) is 9.98 Å². The molecule has 4 aromatic carbocycles. The van der Waals surface area contributed by atoms with Gasteiger partial charge in [-0.25, -0.2) is 0 Å². The second-order valence-electron chi connectivity index (χ2n) is 16.6. The van der Waals surface area contributed by atoms with E-state index in [1.54, 1.807) is 0 Å². The largest absolute Gasteiger partial charge is 2.00 e. The Kier molecular flexibility index (Phi) is 30.5. The molecule has 11 heteroatoms. The van der Waals surface area contributed by atoms with E-state index in [2.05, 4.69) is 52.0 Å². The molecule has 0 aliphatic heterocycles. The Morgan fingerprint density at radius 3 is 1.12 bits per heavy atom. The van der Waals surface area contributed by atoms with Gasteiger partial charge in [-0.05, 0) is 136 Å². The van der Waals surface area contributed by atoms with Crippen LogP contribution in [0.25, 0.3) is 0 Å². The van der Waals surface area contributed by atoms with E-state index in [9.17, 15) is 40.2 Å². The summed E-state index contributed by atoms with van der Waals surface area (Å²) in [5.41, 5.74) is 6.68. The molecular weight excluding hydrogens is 875 g/mol. The fourth-order valence-electron chi connectivity index (χ4n) is 7.53. The first-order valence-corrected chi connectivity index (χ1v) is 24.2. The quantitative estimate of drug-likeness (QED) is 0.0207. The van der Waals surface area contributed by atoms with Crippen molar-refractivity contribution in [3.8, 4) is 23.0 Å². The van der Waals surface area contributed by atoms with E-state index in [0.717, 1.165) is 117 Å². The molecule has 364 valence electrons. The number of carboxylic acids is 2. The molecule has 10 nitrogen and oxygen atoms in total. The number of aryl methyl sites for hydroxylation is 2. The molecule has 4 rings (SSSR count). The van der Waals surface area contributed by atoms with Crippen LogP contribution in [0.2, 0.25) is 0 Å². The van der Waals surface area contributed by atoms with Gasteiger partial charge in [0.05, 0.1) is 34.7 Å². The number of nitrogens with zero attached hydrogens (tertiary/aromatic N) is 2. The third kappa shape index (κ3) is 20.6. The molecule has 0 amide bonds. The Hall–Kier alpha value is -5.15. The summed E-state index contributed by atoms with van der Waals surface area (Å²) in [6.07, 6.45) is 20.2. The van der Waals surface area contributed by atoms with Crippen LogP contribution in [0.3, 0.4) is 0 Å². The van der Waals surface area contributed by atoms with E-state index < -0.39 is 23.4 Å². The smallest absolute Gasteiger partial charge is 0.545 e. The molecule has 0 saturated heterocycles. The van der Waals surface area contributed by atoms with Gasteiger partial charge in [0.2, 0.25) is 0 Å². The van der Waals surface area contributed by atoms with Gasteiger partial charge in [0.15, 0.2) is 23.0 Å². The normalized spacial score (nSPS) is 11.2. The first kappa shape index (κ1) is 58.9. The van der Waals surface area contributed by atoms with Crippen LogP contribution >= 0.6 is 0 Å². The molecule has 0 aromatic heterocycles. The number of phenols is 4. The number of carboxylic acid groups (broad SMARTS) is 2. The number of phenolic OH excluding ortho intramolecular Hbond substituents is 2. The Bertz CT molecular complexity index is 1980. The molecule has 0 aliphatic rings. The number of benzene rings is 4. The average molecular weight is 952 g/mol. The van der Waals surface area contributed by atoms with Gasteiger partial charge in [0.25, 0.3) is 0 Å². The zero-order valence-corrected chi connectivity index (χ0v) is 41.4. The molecule has 0 bridgehead atoms. The maximum Gasteiger partial charge on any atom is 2.00 e. The minimum absolute atomic E-state index is 0. The summed E-state index contributed by atoms with van der Waals surface area (Å²) in [6.45, 7) is 12.7. The molecule has 0 spiro atoms. The van der Waals surface area contributed by atoms with Crippen molar-refractivity contribution in [2.75, 3.05) is 0 Å². The molecule has 0 saturated carbocycles. The van der Waals surface area contributed by atoms with Crippen LogP contribution in [-0.2, 0) is 42.2 Å². The minimum Gasteiger partial charge on any atom is -0.545 e. The molecule has 66 heavy (non-hydrogen) atoms.